The lowest BCUT2D eigenvalue weighted by Gasteiger charge is -2.26. The number of methoxy groups -OCH3 is 1. The molecule has 0 unspecified atom stereocenters. The molecule has 4 nitrogen and oxygen atoms in total. The Labute approximate surface area is 97.4 Å². The van der Waals surface area contributed by atoms with Crippen molar-refractivity contribution in [2.75, 3.05) is 26.0 Å². The van der Waals surface area contributed by atoms with Crippen molar-refractivity contribution in [2.24, 2.45) is 0 Å². The van der Waals surface area contributed by atoms with Crippen molar-refractivity contribution in [1.29, 1.82) is 0 Å². The van der Waals surface area contributed by atoms with Crippen LogP contribution in [0.15, 0.2) is 18.3 Å². The van der Waals surface area contributed by atoms with Crippen molar-refractivity contribution in [2.45, 2.75) is 26.4 Å². The molecule has 0 bridgehead atoms. The summed E-state index contributed by atoms with van der Waals surface area (Å²) in [6, 6.07) is 4.35. The van der Waals surface area contributed by atoms with E-state index in [0.29, 0.717) is 11.9 Å². The van der Waals surface area contributed by atoms with Crippen LogP contribution in [-0.2, 0) is 11.3 Å². The highest BCUT2D eigenvalue weighted by atomic mass is 16.5. The zero-order valence-corrected chi connectivity index (χ0v) is 10.3. The molecule has 0 aromatic carbocycles. The zero-order valence-electron chi connectivity index (χ0n) is 10.3. The van der Waals surface area contributed by atoms with Gasteiger partial charge < -0.3 is 10.5 Å². The van der Waals surface area contributed by atoms with E-state index >= 15 is 0 Å². The normalized spacial score (nSPS) is 11.3. The van der Waals surface area contributed by atoms with E-state index in [1.165, 1.54) is 5.56 Å². The highest BCUT2D eigenvalue weighted by molar-refractivity contribution is 5.29. The van der Waals surface area contributed by atoms with Gasteiger partial charge in [0.2, 0.25) is 0 Å². The van der Waals surface area contributed by atoms with E-state index < -0.39 is 0 Å². The number of anilines is 1. The van der Waals surface area contributed by atoms with Crippen molar-refractivity contribution in [3.63, 3.8) is 0 Å². The number of ether oxygens (including phenoxy) is 1. The van der Waals surface area contributed by atoms with Gasteiger partial charge in [-0.15, -0.1) is 0 Å². The lowest BCUT2D eigenvalue weighted by atomic mass is 10.2. The van der Waals surface area contributed by atoms with Crippen molar-refractivity contribution < 1.29 is 4.74 Å². The van der Waals surface area contributed by atoms with Crippen molar-refractivity contribution in [3.8, 4) is 0 Å². The first-order valence-corrected chi connectivity index (χ1v) is 5.57. The van der Waals surface area contributed by atoms with E-state index in [-0.39, 0.29) is 0 Å². The third-order valence-electron chi connectivity index (χ3n) is 2.55. The van der Waals surface area contributed by atoms with Gasteiger partial charge in [-0.1, -0.05) is 6.07 Å². The summed E-state index contributed by atoms with van der Waals surface area (Å²) in [5.74, 6) is 0.566. The second kappa shape index (κ2) is 6.45. The maximum Gasteiger partial charge on any atom is 0.123 e. The summed E-state index contributed by atoms with van der Waals surface area (Å²) in [6.07, 6.45) is 1.83. The van der Waals surface area contributed by atoms with E-state index in [0.717, 1.165) is 19.7 Å². The standard InChI is InChI=1S/C12H21N3O/c1-10(2)15(6-7-16-3)9-11-4-5-12(13)14-8-11/h4-5,8,10H,6-7,9H2,1-3H3,(H2,13,14). The topological polar surface area (TPSA) is 51.4 Å². The van der Waals surface area contributed by atoms with Crippen molar-refractivity contribution >= 4 is 5.82 Å². The first kappa shape index (κ1) is 12.9. The molecule has 1 heterocycles. The molecule has 2 N–H and O–H groups in total. The second-order valence-electron chi connectivity index (χ2n) is 4.15. The predicted octanol–water partition coefficient (Wildman–Crippen LogP) is 1.52. The van der Waals surface area contributed by atoms with Crippen LogP contribution in [0.2, 0.25) is 0 Å². The van der Waals surface area contributed by atoms with Crippen LogP contribution in [0, 0.1) is 0 Å². The van der Waals surface area contributed by atoms with E-state index in [2.05, 4.69) is 23.7 Å². The lowest BCUT2D eigenvalue weighted by Crippen LogP contribution is -2.33. The fourth-order valence-corrected chi connectivity index (χ4v) is 1.49. The van der Waals surface area contributed by atoms with Gasteiger partial charge in [0, 0.05) is 32.4 Å². The van der Waals surface area contributed by atoms with Crippen LogP contribution in [0.25, 0.3) is 0 Å². The minimum absolute atomic E-state index is 0.493. The van der Waals surface area contributed by atoms with Gasteiger partial charge >= 0.3 is 0 Å². The van der Waals surface area contributed by atoms with Gasteiger partial charge in [-0.3, -0.25) is 4.90 Å². The molecule has 0 fully saturated rings. The average molecular weight is 223 g/mol. The Kier molecular flexibility index (Phi) is 5.22. The summed E-state index contributed by atoms with van der Waals surface area (Å²) in [6.45, 7) is 6.92. The molecule has 1 rings (SSSR count). The number of rotatable bonds is 6. The van der Waals surface area contributed by atoms with Gasteiger partial charge in [0.05, 0.1) is 6.61 Å². The number of nitrogens with zero attached hydrogens (tertiary/aromatic N) is 2. The number of nitrogens with two attached hydrogens (primary N) is 1. The second-order valence-corrected chi connectivity index (χ2v) is 4.15. The van der Waals surface area contributed by atoms with Crippen LogP contribution in [-0.4, -0.2) is 36.2 Å². The first-order valence-electron chi connectivity index (χ1n) is 5.57. The summed E-state index contributed by atoms with van der Waals surface area (Å²) >= 11 is 0. The number of hydrogen-bond donors (Lipinski definition) is 1. The third-order valence-corrected chi connectivity index (χ3v) is 2.55. The van der Waals surface area contributed by atoms with Crippen LogP contribution in [0.5, 0.6) is 0 Å². The van der Waals surface area contributed by atoms with Gasteiger partial charge in [0.25, 0.3) is 0 Å². The van der Waals surface area contributed by atoms with Gasteiger partial charge in [-0.25, -0.2) is 4.98 Å². The lowest BCUT2D eigenvalue weighted by molar-refractivity contribution is 0.125. The summed E-state index contributed by atoms with van der Waals surface area (Å²) in [5, 5.41) is 0. The molecule has 1 aromatic rings. The first-order chi connectivity index (χ1) is 7.63. The molecule has 90 valence electrons. The van der Waals surface area contributed by atoms with Crippen molar-refractivity contribution in [3.05, 3.63) is 23.9 Å². The maximum atomic E-state index is 5.55. The fourth-order valence-electron chi connectivity index (χ4n) is 1.49. The molecule has 0 atom stereocenters. The largest absolute Gasteiger partial charge is 0.384 e. The molecule has 0 saturated heterocycles. The van der Waals surface area contributed by atoms with Gasteiger partial charge in [0.1, 0.15) is 5.82 Å². The fraction of sp³-hybridized carbons (Fsp3) is 0.583. The van der Waals surface area contributed by atoms with Crippen LogP contribution >= 0.6 is 0 Å². The maximum absolute atomic E-state index is 5.55. The minimum atomic E-state index is 0.493. The molecule has 0 spiro atoms. The summed E-state index contributed by atoms with van der Waals surface area (Å²) in [7, 11) is 1.73. The van der Waals surface area contributed by atoms with Crippen LogP contribution in [0.3, 0.4) is 0 Å². The van der Waals surface area contributed by atoms with E-state index in [4.69, 9.17) is 10.5 Å². The molecular weight excluding hydrogens is 202 g/mol. The van der Waals surface area contributed by atoms with Gasteiger partial charge in [-0.05, 0) is 25.5 Å². The molecule has 0 radical (unpaired) electrons. The number of hydrogen-bond acceptors (Lipinski definition) is 4. The molecule has 0 aliphatic carbocycles. The highest BCUT2D eigenvalue weighted by Crippen LogP contribution is 2.08. The summed E-state index contributed by atoms with van der Waals surface area (Å²) in [5.41, 5.74) is 6.73. The Morgan fingerprint density at radius 3 is 2.69 bits per heavy atom. The Morgan fingerprint density at radius 1 is 1.44 bits per heavy atom. The molecule has 16 heavy (non-hydrogen) atoms. The predicted molar refractivity (Wildman–Crippen MR) is 66.1 cm³/mol. The average Bonchev–Trinajstić information content (AvgIpc) is 2.26. The van der Waals surface area contributed by atoms with Gasteiger partial charge in [0.15, 0.2) is 0 Å². The summed E-state index contributed by atoms with van der Waals surface area (Å²) in [4.78, 5) is 6.44. The minimum Gasteiger partial charge on any atom is -0.384 e. The quantitative estimate of drug-likeness (QED) is 0.794. The van der Waals surface area contributed by atoms with E-state index in [1.807, 2.05) is 18.3 Å². The third kappa shape index (κ3) is 4.16. The highest BCUT2D eigenvalue weighted by Gasteiger charge is 2.09. The SMILES string of the molecule is COCCN(Cc1ccc(N)nc1)C(C)C. The van der Waals surface area contributed by atoms with E-state index in [1.54, 1.807) is 7.11 Å². The Morgan fingerprint density at radius 2 is 2.19 bits per heavy atom. The van der Waals surface area contributed by atoms with Crippen molar-refractivity contribution in [1.82, 2.24) is 9.88 Å². The smallest absolute Gasteiger partial charge is 0.123 e. The molecule has 0 amide bonds. The molecule has 0 aliphatic rings. The zero-order chi connectivity index (χ0) is 12.0. The molecule has 0 saturated carbocycles. The Balaban J connectivity index is 2.57. The number of aromatic nitrogens is 1. The van der Waals surface area contributed by atoms with Crippen LogP contribution < -0.4 is 5.73 Å². The Hall–Kier alpha value is -1.13. The molecular formula is C12H21N3O. The van der Waals surface area contributed by atoms with Crippen LogP contribution in [0.4, 0.5) is 5.82 Å². The van der Waals surface area contributed by atoms with E-state index in [9.17, 15) is 0 Å². The number of pyridine rings is 1. The van der Waals surface area contributed by atoms with Crippen LogP contribution in [0.1, 0.15) is 19.4 Å². The van der Waals surface area contributed by atoms with Gasteiger partial charge in [-0.2, -0.15) is 0 Å². The monoisotopic (exact) mass is 223 g/mol. The Bertz CT molecular complexity index is 298. The molecule has 0 aliphatic heterocycles. The summed E-state index contributed by atoms with van der Waals surface area (Å²) < 4.78 is 5.10. The molecule has 1 aromatic heterocycles. The molecule has 4 heteroatoms. The number of nitrogen functional groups attached to an aromatic ring is 1.